The molecule has 3 rings (SSSR count). The SMILES string of the molecule is CCOc1cccc(C(Cc2ccccn2)N2CCC(C(=O)O)CC2)c1. The maximum atomic E-state index is 11.3. The monoisotopic (exact) mass is 354 g/mol. The molecule has 2 heterocycles. The Balaban J connectivity index is 1.82. The minimum atomic E-state index is -0.677. The molecule has 5 heteroatoms. The molecule has 5 nitrogen and oxygen atoms in total. The fourth-order valence-corrected chi connectivity index (χ4v) is 3.61. The van der Waals surface area contributed by atoms with Crippen LogP contribution in [0.2, 0.25) is 0 Å². The first kappa shape index (κ1) is 18.4. The van der Waals surface area contributed by atoms with Crippen molar-refractivity contribution in [2.24, 2.45) is 5.92 Å². The van der Waals surface area contributed by atoms with Gasteiger partial charge in [0.2, 0.25) is 0 Å². The zero-order chi connectivity index (χ0) is 18.4. The van der Waals surface area contributed by atoms with Gasteiger partial charge in [-0.2, -0.15) is 0 Å². The van der Waals surface area contributed by atoms with E-state index in [1.807, 2.05) is 43.5 Å². The molecule has 1 saturated heterocycles. The molecular formula is C21H26N2O3. The molecule has 1 aliphatic heterocycles. The van der Waals surface area contributed by atoms with Gasteiger partial charge in [-0.15, -0.1) is 0 Å². The Bertz CT molecular complexity index is 712. The van der Waals surface area contributed by atoms with Gasteiger partial charge in [-0.25, -0.2) is 0 Å². The van der Waals surface area contributed by atoms with Crippen LogP contribution >= 0.6 is 0 Å². The Morgan fingerprint density at radius 1 is 1.27 bits per heavy atom. The number of pyridine rings is 1. The number of likely N-dealkylation sites (tertiary alicyclic amines) is 1. The van der Waals surface area contributed by atoms with Crippen LogP contribution in [0.25, 0.3) is 0 Å². The summed E-state index contributed by atoms with van der Waals surface area (Å²) in [5.41, 5.74) is 2.23. The van der Waals surface area contributed by atoms with E-state index in [9.17, 15) is 9.90 Å². The van der Waals surface area contributed by atoms with Crippen molar-refractivity contribution < 1.29 is 14.6 Å². The van der Waals surface area contributed by atoms with E-state index in [1.54, 1.807) is 0 Å². The van der Waals surface area contributed by atoms with Gasteiger partial charge in [-0.1, -0.05) is 18.2 Å². The lowest BCUT2D eigenvalue weighted by Crippen LogP contribution is -2.39. The van der Waals surface area contributed by atoms with E-state index in [0.29, 0.717) is 19.4 Å². The van der Waals surface area contributed by atoms with E-state index in [4.69, 9.17) is 4.74 Å². The van der Waals surface area contributed by atoms with Crippen LogP contribution in [-0.4, -0.2) is 40.7 Å². The van der Waals surface area contributed by atoms with Crippen molar-refractivity contribution in [2.45, 2.75) is 32.2 Å². The second-order valence-electron chi connectivity index (χ2n) is 6.69. The lowest BCUT2D eigenvalue weighted by Gasteiger charge is -2.37. The summed E-state index contributed by atoms with van der Waals surface area (Å²) in [6.45, 7) is 4.19. The van der Waals surface area contributed by atoms with Gasteiger partial charge < -0.3 is 9.84 Å². The van der Waals surface area contributed by atoms with Gasteiger partial charge in [-0.3, -0.25) is 14.7 Å². The number of rotatable bonds is 7. The van der Waals surface area contributed by atoms with E-state index < -0.39 is 5.97 Å². The number of hydrogen-bond donors (Lipinski definition) is 1. The maximum Gasteiger partial charge on any atom is 0.306 e. The number of benzene rings is 1. The summed E-state index contributed by atoms with van der Waals surface area (Å²) in [4.78, 5) is 18.1. The molecule has 1 atom stereocenters. The first-order chi connectivity index (χ1) is 12.7. The molecule has 0 spiro atoms. The first-order valence-corrected chi connectivity index (χ1v) is 9.27. The fourth-order valence-electron chi connectivity index (χ4n) is 3.61. The van der Waals surface area contributed by atoms with E-state index in [1.165, 1.54) is 5.56 Å². The molecule has 1 fully saturated rings. The van der Waals surface area contributed by atoms with Crippen molar-refractivity contribution in [3.8, 4) is 5.75 Å². The summed E-state index contributed by atoms with van der Waals surface area (Å²) in [5.74, 6) is -0.0304. The van der Waals surface area contributed by atoms with Crippen molar-refractivity contribution >= 4 is 5.97 Å². The van der Waals surface area contributed by atoms with Gasteiger partial charge in [-0.05, 0) is 62.7 Å². The van der Waals surface area contributed by atoms with E-state index in [0.717, 1.165) is 31.0 Å². The first-order valence-electron chi connectivity index (χ1n) is 9.27. The Kier molecular flexibility index (Phi) is 6.23. The van der Waals surface area contributed by atoms with Crippen molar-refractivity contribution in [1.29, 1.82) is 0 Å². The quantitative estimate of drug-likeness (QED) is 0.824. The number of piperidine rings is 1. The van der Waals surface area contributed by atoms with Crippen molar-refractivity contribution in [2.75, 3.05) is 19.7 Å². The normalized spacial score (nSPS) is 17.0. The van der Waals surface area contributed by atoms with Gasteiger partial charge in [0.1, 0.15) is 5.75 Å². The van der Waals surface area contributed by atoms with Crippen molar-refractivity contribution in [1.82, 2.24) is 9.88 Å². The molecule has 2 aromatic rings. The molecule has 1 N–H and O–H groups in total. The molecule has 0 radical (unpaired) electrons. The Hall–Kier alpha value is -2.40. The van der Waals surface area contributed by atoms with Gasteiger partial charge >= 0.3 is 5.97 Å². The number of nitrogens with zero attached hydrogens (tertiary/aromatic N) is 2. The highest BCUT2D eigenvalue weighted by Gasteiger charge is 2.29. The topological polar surface area (TPSA) is 62.7 Å². The summed E-state index contributed by atoms with van der Waals surface area (Å²) in [7, 11) is 0. The highest BCUT2D eigenvalue weighted by molar-refractivity contribution is 5.70. The van der Waals surface area contributed by atoms with Crippen LogP contribution in [-0.2, 0) is 11.2 Å². The van der Waals surface area contributed by atoms with Crippen LogP contribution in [0.4, 0.5) is 0 Å². The Morgan fingerprint density at radius 2 is 2.08 bits per heavy atom. The number of aliphatic carboxylic acids is 1. The van der Waals surface area contributed by atoms with Crippen LogP contribution in [0.15, 0.2) is 48.7 Å². The third-order valence-corrected chi connectivity index (χ3v) is 5.00. The molecule has 0 amide bonds. The zero-order valence-electron chi connectivity index (χ0n) is 15.2. The minimum Gasteiger partial charge on any atom is -0.494 e. The van der Waals surface area contributed by atoms with Crippen LogP contribution in [0.1, 0.15) is 37.1 Å². The standard InChI is InChI=1S/C21H26N2O3/c1-2-26-19-8-5-6-17(14-19)20(15-18-7-3-4-11-22-18)23-12-9-16(10-13-23)21(24)25/h3-8,11,14,16,20H,2,9-10,12-13,15H2,1H3,(H,24,25). The average Bonchev–Trinajstić information content (AvgIpc) is 2.67. The second kappa shape index (κ2) is 8.81. The third kappa shape index (κ3) is 4.61. The number of aromatic nitrogens is 1. The Morgan fingerprint density at radius 3 is 2.73 bits per heavy atom. The molecule has 138 valence electrons. The lowest BCUT2D eigenvalue weighted by molar-refractivity contribution is -0.143. The molecular weight excluding hydrogens is 328 g/mol. The van der Waals surface area contributed by atoms with E-state index in [2.05, 4.69) is 22.0 Å². The van der Waals surface area contributed by atoms with Crippen LogP contribution in [0.5, 0.6) is 5.75 Å². The number of carbonyl (C=O) groups is 1. The predicted octanol–water partition coefficient (Wildman–Crippen LogP) is 3.56. The molecule has 0 bridgehead atoms. The molecule has 1 unspecified atom stereocenters. The summed E-state index contributed by atoms with van der Waals surface area (Å²) in [6, 6.07) is 14.4. The number of carboxylic acid groups (broad SMARTS) is 1. The van der Waals surface area contributed by atoms with Crippen LogP contribution in [0, 0.1) is 5.92 Å². The van der Waals surface area contributed by atoms with Crippen molar-refractivity contribution in [3.05, 3.63) is 59.9 Å². The smallest absolute Gasteiger partial charge is 0.306 e. The average molecular weight is 354 g/mol. The third-order valence-electron chi connectivity index (χ3n) is 5.00. The number of carboxylic acids is 1. The summed E-state index contributed by atoms with van der Waals surface area (Å²) < 4.78 is 5.67. The predicted molar refractivity (Wildman–Crippen MR) is 100 cm³/mol. The molecule has 0 saturated carbocycles. The zero-order valence-corrected chi connectivity index (χ0v) is 15.2. The van der Waals surface area contributed by atoms with Crippen LogP contribution in [0.3, 0.4) is 0 Å². The highest BCUT2D eigenvalue weighted by Crippen LogP contribution is 2.31. The maximum absolute atomic E-state index is 11.3. The fraction of sp³-hybridized carbons (Fsp3) is 0.429. The highest BCUT2D eigenvalue weighted by atomic mass is 16.5. The minimum absolute atomic E-state index is 0.167. The van der Waals surface area contributed by atoms with Crippen LogP contribution < -0.4 is 4.74 Å². The number of hydrogen-bond acceptors (Lipinski definition) is 4. The van der Waals surface area contributed by atoms with Gasteiger partial charge in [0, 0.05) is 24.4 Å². The van der Waals surface area contributed by atoms with E-state index in [-0.39, 0.29) is 12.0 Å². The summed E-state index contributed by atoms with van der Waals surface area (Å²) in [5, 5.41) is 9.27. The molecule has 1 aliphatic rings. The number of ether oxygens (including phenoxy) is 1. The molecule has 1 aromatic heterocycles. The largest absolute Gasteiger partial charge is 0.494 e. The van der Waals surface area contributed by atoms with Gasteiger partial charge in [0.05, 0.1) is 12.5 Å². The summed E-state index contributed by atoms with van der Waals surface area (Å²) >= 11 is 0. The Labute approximate surface area is 154 Å². The van der Waals surface area contributed by atoms with Crippen molar-refractivity contribution in [3.63, 3.8) is 0 Å². The lowest BCUT2D eigenvalue weighted by atomic mass is 9.92. The van der Waals surface area contributed by atoms with E-state index >= 15 is 0 Å². The molecule has 26 heavy (non-hydrogen) atoms. The summed E-state index contributed by atoms with van der Waals surface area (Å²) in [6.07, 6.45) is 4.01. The van der Waals surface area contributed by atoms with Gasteiger partial charge in [0.25, 0.3) is 0 Å². The molecule has 0 aliphatic carbocycles. The van der Waals surface area contributed by atoms with Gasteiger partial charge in [0.15, 0.2) is 0 Å². The second-order valence-corrected chi connectivity index (χ2v) is 6.69. The molecule has 1 aromatic carbocycles.